The van der Waals surface area contributed by atoms with E-state index < -0.39 is 0 Å². The van der Waals surface area contributed by atoms with E-state index in [-0.39, 0.29) is 11.7 Å². The van der Waals surface area contributed by atoms with Gasteiger partial charge in [0.05, 0.1) is 5.56 Å². The molecule has 0 aliphatic rings. The van der Waals surface area contributed by atoms with Gasteiger partial charge in [-0.3, -0.25) is 9.78 Å². The molecule has 1 aromatic carbocycles. The van der Waals surface area contributed by atoms with E-state index in [4.69, 9.17) is 0 Å². The van der Waals surface area contributed by atoms with Crippen molar-refractivity contribution in [2.45, 2.75) is 6.42 Å². The molecule has 1 aromatic heterocycles. The average Bonchev–Trinajstić information content (AvgIpc) is 2.47. The van der Waals surface area contributed by atoms with E-state index in [0.29, 0.717) is 18.5 Å². The Balaban J connectivity index is 2.03. The minimum absolute atomic E-state index is 0.0112. The molecule has 0 aliphatic heterocycles. The maximum Gasteiger partial charge on any atom is 0.257 e. The molecule has 2 aromatic rings. The monoisotopic (exact) mass is 334 g/mol. The van der Waals surface area contributed by atoms with E-state index in [1.165, 1.54) is 6.07 Å². The maximum atomic E-state index is 12.3. The first-order chi connectivity index (χ1) is 9.58. The minimum atomic E-state index is -0.209. The van der Waals surface area contributed by atoms with Gasteiger partial charge < -0.3 is 10.0 Å². The first-order valence-corrected chi connectivity index (χ1v) is 7.01. The second kappa shape index (κ2) is 6.52. The van der Waals surface area contributed by atoms with Gasteiger partial charge in [0, 0.05) is 36.4 Å². The largest absolute Gasteiger partial charge is 0.507 e. The molecule has 0 aliphatic carbocycles. The van der Waals surface area contributed by atoms with Crippen molar-refractivity contribution in [3.63, 3.8) is 0 Å². The molecule has 0 bridgehead atoms. The molecular formula is C15H15BrN2O2. The third-order valence-electron chi connectivity index (χ3n) is 2.97. The molecule has 0 radical (unpaired) electrons. The Kier molecular flexibility index (Phi) is 4.74. The van der Waals surface area contributed by atoms with Gasteiger partial charge >= 0.3 is 0 Å². The number of hydrogen-bond donors (Lipinski definition) is 1. The zero-order chi connectivity index (χ0) is 14.5. The number of carbonyl (C=O) groups excluding carboxylic acids is 1. The van der Waals surface area contributed by atoms with Crippen molar-refractivity contribution in [3.05, 3.63) is 58.3 Å². The highest BCUT2D eigenvalue weighted by Gasteiger charge is 2.16. The molecule has 2 rings (SSSR count). The molecule has 0 spiro atoms. The molecule has 5 heteroatoms. The Hall–Kier alpha value is -1.88. The van der Waals surface area contributed by atoms with Crippen LogP contribution in [0.2, 0.25) is 0 Å². The van der Waals surface area contributed by atoms with Crippen LogP contribution in [-0.2, 0) is 6.42 Å². The summed E-state index contributed by atoms with van der Waals surface area (Å²) in [5, 5.41) is 9.76. The Morgan fingerprint density at radius 2 is 2.15 bits per heavy atom. The van der Waals surface area contributed by atoms with Gasteiger partial charge in [0.1, 0.15) is 5.75 Å². The summed E-state index contributed by atoms with van der Waals surface area (Å²) in [5.74, 6) is -0.220. The highest BCUT2D eigenvalue weighted by molar-refractivity contribution is 9.10. The van der Waals surface area contributed by atoms with Crippen LogP contribution in [-0.4, -0.2) is 34.5 Å². The van der Waals surface area contributed by atoms with Crippen molar-refractivity contribution in [2.24, 2.45) is 0 Å². The summed E-state index contributed by atoms with van der Waals surface area (Å²) < 4.78 is 0.761. The number of aromatic hydroxyl groups is 1. The van der Waals surface area contributed by atoms with Crippen molar-refractivity contribution < 1.29 is 9.90 Å². The number of benzene rings is 1. The summed E-state index contributed by atoms with van der Waals surface area (Å²) in [4.78, 5) is 18.1. The number of pyridine rings is 1. The van der Waals surface area contributed by atoms with Crippen LogP contribution >= 0.6 is 15.9 Å². The summed E-state index contributed by atoms with van der Waals surface area (Å²) in [6.45, 7) is 0.543. The normalized spacial score (nSPS) is 10.3. The van der Waals surface area contributed by atoms with Gasteiger partial charge in [-0.05, 0) is 30.3 Å². The van der Waals surface area contributed by atoms with Crippen molar-refractivity contribution >= 4 is 21.8 Å². The van der Waals surface area contributed by atoms with Gasteiger partial charge in [-0.1, -0.05) is 22.0 Å². The predicted octanol–water partition coefficient (Wildman–Crippen LogP) is 2.86. The standard InChI is InChI=1S/C15H15BrN2O2/c1-18(9-7-12-4-2-3-8-17-12)15(20)13-10-11(16)5-6-14(13)19/h2-6,8,10,19H,7,9H2,1H3. The third kappa shape index (κ3) is 3.57. The van der Waals surface area contributed by atoms with Crippen LogP contribution < -0.4 is 0 Å². The van der Waals surface area contributed by atoms with Crippen LogP contribution in [0.4, 0.5) is 0 Å². The fraction of sp³-hybridized carbons (Fsp3) is 0.200. The second-order valence-corrected chi connectivity index (χ2v) is 5.37. The van der Waals surface area contributed by atoms with Crippen molar-refractivity contribution in [3.8, 4) is 5.75 Å². The number of carbonyl (C=O) groups is 1. The first kappa shape index (κ1) is 14.5. The van der Waals surface area contributed by atoms with E-state index in [1.807, 2.05) is 18.2 Å². The van der Waals surface area contributed by atoms with Crippen molar-refractivity contribution in [2.75, 3.05) is 13.6 Å². The SMILES string of the molecule is CN(CCc1ccccn1)C(=O)c1cc(Br)ccc1O. The number of amides is 1. The Morgan fingerprint density at radius 3 is 2.85 bits per heavy atom. The van der Waals surface area contributed by atoms with Crippen molar-refractivity contribution in [1.29, 1.82) is 0 Å². The van der Waals surface area contributed by atoms with Gasteiger partial charge in [0.25, 0.3) is 5.91 Å². The molecule has 1 amide bonds. The number of phenols is 1. The number of rotatable bonds is 4. The summed E-state index contributed by atoms with van der Waals surface area (Å²) in [6, 6.07) is 10.5. The molecule has 0 saturated carbocycles. The van der Waals surface area contributed by atoms with Gasteiger partial charge in [0.2, 0.25) is 0 Å². The Bertz CT molecular complexity index is 602. The highest BCUT2D eigenvalue weighted by Crippen LogP contribution is 2.23. The minimum Gasteiger partial charge on any atom is -0.507 e. The maximum absolute atomic E-state index is 12.3. The lowest BCUT2D eigenvalue weighted by atomic mass is 10.1. The second-order valence-electron chi connectivity index (χ2n) is 4.46. The number of nitrogens with zero attached hydrogens (tertiary/aromatic N) is 2. The lowest BCUT2D eigenvalue weighted by molar-refractivity contribution is 0.0793. The van der Waals surface area contributed by atoms with Gasteiger partial charge in [-0.15, -0.1) is 0 Å². The van der Waals surface area contributed by atoms with E-state index in [9.17, 15) is 9.90 Å². The van der Waals surface area contributed by atoms with Crippen LogP contribution in [0, 0.1) is 0 Å². The smallest absolute Gasteiger partial charge is 0.257 e. The van der Waals surface area contributed by atoms with Crippen LogP contribution in [0.3, 0.4) is 0 Å². The Labute approximate surface area is 126 Å². The molecule has 0 unspecified atom stereocenters. The number of aromatic nitrogens is 1. The molecular weight excluding hydrogens is 320 g/mol. The van der Waals surface area contributed by atoms with Gasteiger partial charge in [0.15, 0.2) is 0 Å². The van der Waals surface area contributed by atoms with Crippen LogP contribution in [0.5, 0.6) is 5.75 Å². The van der Waals surface area contributed by atoms with Crippen LogP contribution in [0.1, 0.15) is 16.1 Å². The number of likely N-dealkylation sites (N-methyl/N-ethyl adjacent to an activating group) is 1. The van der Waals surface area contributed by atoms with Crippen LogP contribution in [0.25, 0.3) is 0 Å². The predicted molar refractivity (Wildman–Crippen MR) is 80.7 cm³/mol. The number of phenolic OH excluding ortho intramolecular Hbond substituents is 1. The average molecular weight is 335 g/mol. The first-order valence-electron chi connectivity index (χ1n) is 6.22. The molecule has 0 atom stereocenters. The summed E-state index contributed by atoms with van der Waals surface area (Å²) in [6.07, 6.45) is 2.41. The lowest BCUT2D eigenvalue weighted by Gasteiger charge is -2.17. The number of hydrogen-bond acceptors (Lipinski definition) is 3. The third-order valence-corrected chi connectivity index (χ3v) is 3.46. The zero-order valence-electron chi connectivity index (χ0n) is 11.1. The fourth-order valence-corrected chi connectivity index (χ4v) is 2.18. The molecule has 1 heterocycles. The lowest BCUT2D eigenvalue weighted by Crippen LogP contribution is -2.29. The van der Waals surface area contributed by atoms with E-state index >= 15 is 0 Å². The van der Waals surface area contributed by atoms with E-state index in [1.54, 1.807) is 30.3 Å². The summed E-state index contributed by atoms with van der Waals surface area (Å²) in [7, 11) is 1.71. The fourth-order valence-electron chi connectivity index (χ4n) is 1.81. The molecule has 0 saturated heterocycles. The summed E-state index contributed by atoms with van der Waals surface area (Å²) >= 11 is 3.30. The van der Waals surface area contributed by atoms with Gasteiger partial charge in [-0.25, -0.2) is 0 Å². The van der Waals surface area contributed by atoms with Crippen LogP contribution in [0.15, 0.2) is 47.1 Å². The molecule has 0 fully saturated rings. The van der Waals surface area contributed by atoms with Gasteiger partial charge in [-0.2, -0.15) is 0 Å². The van der Waals surface area contributed by atoms with E-state index in [2.05, 4.69) is 20.9 Å². The summed E-state index contributed by atoms with van der Waals surface area (Å²) in [5.41, 5.74) is 1.23. The Morgan fingerprint density at radius 1 is 1.35 bits per heavy atom. The molecule has 4 nitrogen and oxygen atoms in total. The van der Waals surface area contributed by atoms with E-state index in [0.717, 1.165) is 10.2 Å². The zero-order valence-corrected chi connectivity index (χ0v) is 12.7. The number of halogens is 1. The topological polar surface area (TPSA) is 53.4 Å². The molecule has 1 N–H and O–H groups in total. The highest BCUT2D eigenvalue weighted by atomic mass is 79.9. The van der Waals surface area contributed by atoms with Crippen molar-refractivity contribution in [1.82, 2.24) is 9.88 Å². The quantitative estimate of drug-likeness (QED) is 0.935. The molecule has 104 valence electrons. The molecule has 20 heavy (non-hydrogen) atoms.